The molecule has 0 radical (unpaired) electrons. The fraction of sp³-hybridized carbons (Fsp3) is 0.429. The molecule has 0 atom stereocenters. The van der Waals surface area contributed by atoms with Crippen LogP contribution >= 0.6 is 0 Å². The molecular weight excluding hydrogens is 394 g/mol. The molecule has 2 N–H and O–H groups in total. The first-order valence-electron chi connectivity index (χ1n) is 12.3. The van der Waals surface area contributed by atoms with Gasteiger partial charge in [0.15, 0.2) is 0 Å². The molecule has 0 bridgehead atoms. The first-order chi connectivity index (χ1) is 15.7. The smallest absolute Gasteiger partial charge is 0.281 e. The third-order valence-corrected chi connectivity index (χ3v) is 6.53. The summed E-state index contributed by atoms with van der Waals surface area (Å²) in [5.74, 6) is 0.291. The number of hydrogen-bond acceptors (Lipinski definition) is 3. The average Bonchev–Trinajstić information content (AvgIpc) is 2.79. The predicted molar refractivity (Wildman–Crippen MR) is 136 cm³/mol. The molecule has 2 aliphatic rings. The molecule has 4 heteroatoms. The lowest BCUT2D eigenvalue weighted by Crippen LogP contribution is -2.17. The summed E-state index contributed by atoms with van der Waals surface area (Å²) >= 11 is 0. The van der Waals surface area contributed by atoms with E-state index >= 15 is 0 Å². The highest BCUT2D eigenvalue weighted by atomic mass is 16.1. The number of fused-ring (bicyclic) bond motifs is 3. The summed E-state index contributed by atoms with van der Waals surface area (Å²) in [5, 5.41) is 3.47. The van der Waals surface area contributed by atoms with Crippen LogP contribution in [0.15, 0.2) is 53.3 Å². The summed E-state index contributed by atoms with van der Waals surface area (Å²) < 4.78 is 2.28. The molecule has 0 unspecified atom stereocenters. The lowest BCUT2D eigenvalue weighted by atomic mass is 10.0. The third kappa shape index (κ3) is 5.12. The summed E-state index contributed by atoms with van der Waals surface area (Å²) in [7, 11) is 0. The van der Waals surface area contributed by atoms with Crippen molar-refractivity contribution >= 4 is 27.5 Å². The second-order valence-electron chi connectivity index (χ2n) is 9.02. The Morgan fingerprint density at radius 2 is 1.41 bits per heavy atom. The van der Waals surface area contributed by atoms with Gasteiger partial charge < -0.3 is 10.3 Å². The molecule has 4 rings (SSSR count). The van der Waals surface area contributed by atoms with Gasteiger partial charge in [-0.25, -0.2) is 0 Å². The largest absolute Gasteiger partial charge is 0.384 e. The highest BCUT2D eigenvalue weighted by Gasteiger charge is 2.16. The third-order valence-electron chi connectivity index (χ3n) is 6.53. The van der Waals surface area contributed by atoms with Crippen molar-refractivity contribution in [3.8, 4) is 11.3 Å². The van der Waals surface area contributed by atoms with Crippen molar-refractivity contribution in [3.63, 3.8) is 0 Å². The van der Waals surface area contributed by atoms with Gasteiger partial charge in [-0.05, 0) is 40.8 Å². The second kappa shape index (κ2) is 10.6. The Hall–Kier alpha value is -2.88. The molecule has 0 saturated carbocycles. The molecule has 2 heterocycles. The number of hydrogen-bond donors (Lipinski definition) is 1. The predicted octanol–water partition coefficient (Wildman–Crippen LogP) is 7.16. The average molecular weight is 430 g/mol. The maximum Gasteiger partial charge on any atom is 0.281 e. The van der Waals surface area contributed by atoms with Crippen LogP contribution in [0, 0.1) is 0 Å². The summed E-state index contributed by atoms with van der Waals surface area (Å²) in [4.78, 5) is 16.6. The van der Waals surface area contributed by atoms with Gasteiger partial charge in [-0.2, -0.15) is 4.98 Å². The van der Waals surface area contributed by atoms with Crippen LogP contribution in [-0.2, 0) is 6.54 Å². The van der Waals surface area contributed by atoms with Crippen molar-refractivity contribution in [2.24, 2.45) is 0 Å². The molecule has 2 aromatic carbocycles. The Labute approximate surface area is 190 Å². The van der Waals surface area contributed by atoms with Crippen molar-refractivity contribution < 1.29 is 0 Å². The Morgan fingerprint density at radius 3 is 2.09 bits per heavy atom. The van der Waals surface area contributed by atoms with E-state index in [0.717, 1.165) is 29.6 Å². The van der Waals surface area contributed by atoms with Gasteiger partial charge in [-0.3, -0.25) is 4.79 Å². The molecule has 0 aromatic heterocycles. The van der Waals surface area contributed by atoms with E-state index in [1.54, 1.807) is 0 Å². The van der Waals surface area contributed by atoms with E-state index in [0.29, 0.717) is 11.4 Å². The highest BCUT2D eigenvalue weighted by molar-refractivity contribution is 5.99. The number of nitrogens with zero attached hydrogens (tertiary/aromatic N) is 2. The summed E-state index contributed by atoms with van der Waals surface area (Å²) in [6.07, 6.45) is 13.1. The van der Waals surface area contributed by atoms with Gasteiger partial charge in [0, 0.05) is 18.1 Å². The minimum Gasteiger partial charge on any atom is -0.384 e. The molecule has 2 aliphatic heterocycles. The van der Waals surface area contributed by atoms with Crippen LogP contribution in [0.2, 0.25) is 0 Å². The number of aromatic nitrogens is 2. The minimum absolute atomic E-state index is 0.244. The molecule has 0 fully saturated rings. The van der Waals surface area contributed by atoms with Gasteiger partial charge in [0.25, 0.3) is 5.56 Å². The van der Waals surface area contributed by atoms with Crippen molar-refractivity contribution in [2.45, 2.75) is 77.7 Å². The number of unbranched alkanes of at least 4 members (excludes halogenated alkanes) is 9. The van der Waals surface area contributed by atoms with Crippen molar-refractivity contribution in [2.75, 3.05) is 5.73 Å². The summed E-state index contributed by atoms with van der Waals surface area (Å²) in [5.41, 5.74) is 8.40. The van der Waals surface area contributed by atoms with Crippen molar-refractivity contribution in [1.29, 1.82) is 0 Å². The van der Waals surface area contributed by atoms with Crippen LogP contribution in [0.5, 0.6) is 0 Å². The van der Waals surface area contributed by atoms with Gasteiger partial charge in [0.05, 0.1) is 11.3 Å². The van der Waals surface area contributed by atoms with Gasteiger partial charge in [0.1, 0.15) is 5.82 Å². The lowest BCUT2D eigenvalue weighted by Gasteiger charge is -2.20. The van der Waals surface area contributed by atoms with E-state index < -0.39 is 0 Å². The normalized spacial score (nSPS) is 11.7. The van der Waals surface area contributed by atoms with Crippen molar-refractivity contribution in [3.05, 3.63) is 58.9 Å². The first kappa shape index (κ1) is 22.3. The van der Waals surface area contributed by atoms with E-state index in [1.807, 2.05) is 18.2 Å². The quantitative estimate of drug-likeness (QED) is 0.203. The molecule has 32 heavy (non-hydrogen) atoms. The Kier molecular flexibility index (Phi) is 7.41. The fourth-order valence-electron chi connectivity index (χ4n) is 4.77. The van der Waals surface area contributed by atoms with Crippen molar-refractivity contribution in [1.82, 2.24) is 9.55 Å². The maximum atomic E-state index is 12.6. The number of aryl methyl sites for hydroxylation is 1. The number of anilines is 1. The molecule has 4 nitrogen and oxygen atoms in total. The van der Waals surface area contributed by atoms with Gasteiger partial charge in [0.2, 0.25) is 0 Å². The molecular formula is C28H35N3O. The number of rotatable bonds is 11. The zero-order valence-electron chi connectivity index (χ0n) is 19.3. The lowest BCUT2D eigenvalue weighted by molar-refractivity contribution is 0.539. The number of benzene rings is 2. The van der Waals surface area contributed by atoms with E-state index in [-0.39, 0.29) is 5.56 Å². The first-order valence-corrected chi connectivity index (χ1v) is 12.3. The molecule has 2 aromatic rings. The van der Waals surface area contributed by atoms with Crippen LogP contribution in [0.3, 0.4) is 0 Å². The highest BCUT2D eigenvalue weighted by Crippen LogP contribution is 2.30. The molecule has 0 spiro atoms. The standard InChI is InChI=1S/C28H35N3O/c1-2-3-4-5-6-7-8-9-10-13-16-31-25-19-22-15-12-11-14-21(22)17-23(25)18-24-26(31)20-27(29)30-28(24)32/h11-12,14-15,17-20H,2-10,13,16H2,1H3,(H2,29,30,32). The zero-order chi connectivity index (χ0) is 22.3. The van der Waals surface area contributed by atoms with Crippen LogP contribution in [-0.4, -0.2) is 9.55 Å². The fourth-order valence-corrected chi connectivity index (χ4v) is 4.77. The zero-order valence-corrected chi connectivity index (χ0v) is 19.3. The van der Waals surface area contributed by atoms with Crippen LogP contribution in [0.25, 0.3) is 32.9 Å². The Morgan fingerprint density at radius 1 is 0.781 bits per heavy atom. The van der Waals surface area contributed by atoms with Gasteiger partial charge in [-0.1, -0.05) is 89.0 Å². The number of pyridine rings is 2. The van der Waals surface area contributed by atoms with Crippen LogP contribution < -0.4 is 11.3 Å². The Balaban J connectivity index is 1.52. The Bertz CT molecular complexity index is 1210. The summed E-state index contributed by atoms with van der Waals surface area (Å²) in [6, 6.07) is 16.6. The number of nitrogens with two attached hydrogens (primary N) is 1. The van der Waals surface area contributed by atoms with E-state index in [9.17, 15) is 4.79 Å². The minimum atomic E-state index is -0.244. The van der Waals surface area contributed by atoms with E-state index in [4.69, 9.17) is 5.73 Å². The SMILES string of the molecule is CCCCCCCCCCCCn1c2cc(N)nc(=O)c-2cc2cc3ccccc3cc21. The molecule has 0 aliphatic carbocycles. The topological polar surface area (TPSA) is 60.9 Å². The second-order valence-corrected chi connectivity index (χ2v) is 9.02. The monoisotopic (exact) mass is 429 g/mol. The maximum absolute atomic E-state index is 12.6. The van der Waals surface area contributed by atoms with E-state index in [1.165, 1.54) is 68.6 Å². The number of nitrogen functional groups attached to an aromatic ring is 1. The molecule has 168 valence electrons. The molecule has 0 saturated heterocycles. The van der Waals surface area contributed by atoms with E-state index in [2.05, 4.69) is 46.8 Å². The van der Waals surface area contributed by atoms with Gasteiger partial charge in [-0.15, -0.1) is 0 Å². The van der Waals surface area contributed by atoms with Crippen LogP contribution in [0.1, 0.15) is 71.1 Å². The summed E-state index contributed by atoms with van der Waals surface area (Å²) in [6.45, 7) is 3.15. The van der Waals surface area contributed by atoms with Crippen LogP contribution in [0.4, 0.5) is 5.82 Å². The van der Waals surface area contributed by atoms with Gasteiger partial charge >= 0.3 is 0 Å². The molecule has 0 amide bonds.